The highest BCUT2D eigenvalue weighted by molar-refractivity contribution is 6.42. The lowest BCUT2D eigenvalue weighted by Crippen LogP contribution is -2.20. The Morgan fingerprint density at radius 3 is 2.32 bits per heavy atom. The molecule has 34 heavy (non-hydrogen) atoms. The molecule has 1 heterocycles. The van der Waals surface area contributed by atoms with E-state index in [1.165, 1.54) is 0 Å². The van der Waals surface area contributed by atoms with Gasteiger partial charge in [-0.3, -0.25) is 4.79 Å². The summed E-state index contributed by atoms with van der Waals surface area (Å²) in [5, 5.41) is 4.22. The smallest absolute Gasteiger partial charge is 0.262 e. The molecule has 0 spiro atoms. The van der Waals surface area contributed by atoms with E-state index in [9.17, 15) is 4.79 Å². The van der Waals surface area contributed by atoms with E-state index in [1.54, 1.807) is 32.0 Å². The summed E-state index contributed by atoms with van der Waals surface area (Å²) in [6.07, 6.45) is 0. The number of anilines is 1. The number of hydrogen-bond donors (Lipinski definition) is 1. The molecule has 0 saturated carbocycles. The van der Waals surface area contributed by atoms with Crippen molar-refractivity contribution in [1.82, 2.24) is 4.98 Å². The molecule has 0 bridgehead atoms. The number of rotatable bonds is 5. The maximum absolute atomic E-state index is 12.6. The molecule has 0 radical (unpaired) electrons. The minimum Gasteiger partial charge on any atom is -0.481 e. The van der Waals surface area contributed by atoms with Gasteiger partial charge in [0.1, 0.15) is 5.52 Å². The number of amides is 1. The molecule has 0 aliphatic heterocycles. The zero-order valence-corrected chi connectivity index (χ0v) is 21.8. The molecule has 0 aliphatic carbocycles. The van der Waals surface area contributed by atoms with Gasteiger partial charge in [-0.15, -0.1) is 0 Å². The monoisotopic (exact) mass is 536 g/mol. The second kappa shape index (κ2) is 9.67. The first kappa shape index (κ1) is 24.7. The molecule has 9 heteroatoms. The number of nitrogens with one attached hydrogen (secondary N) is 1. The molecule has 0 unspecified atom stereocenters. The SMILES string of the molecule is Cc1cc(C)c2oc(-c3cc(NC(=O)COc4c(Cl)c(C)c(Cl)c(C)c4Cl)ccc3Cl)nc2c1. The number of aryl methyl sites for hydroxylation is 2. The molecule has 5 nitrogen and oxygen atoms in total. The van der Waals surface area contributed by atoms with Crippen LogP contribution in [0.5, 0.6) is 5.75 Å². The molecule has 0 atom stereocenters. The van der Waals surface area contributed by atoms with E-state index < -0.39 is 5.91 Å². The molecule has 3 aromatic carbocycles. The van der Waals surface area contributed by atoms with Crippen LogP contribution in [0.3, 0.4) is 0 Å². The van der Waals surface area contributed by atoms with E-state index in [0.29, 0.717) is 43.9 Å². The van der Waals surface area contributed by atoms with Crippen molar-refractivity contribution in [3.05, 3.63) is 72.7 Å². The summed E-state index contributed by atoms with van der Waals surface area (Å²) < 4.78 is 11.6. The van der Waals surface area contributed by atoms with E-state index >= 15 is 0 Å². The Bertz CT molecular complexity index is 1420. The van der Waals surface area contributed by atoms with Crippen LogP contribution in [-0.2, 0) is 4.79 Å². The fraction of sp³-hybridized carbons (Fsp3) is 0.200. The molecule has 176 valence electrons. The molecule has 4 aromatic rings. The van der Waals surface area contributed by atoms with Gasteiger partial charge in [0.05, 0.1) is 20.6 Å². The first-order chi connectivity index (χ1) is 16.1. The molecule has 4 rings (SSSR count). The Labute approximate surface area is 216 Å². The number of fused-ring (bicyclic) bond motifs is 1. The van der Waals surface area contributed by atoms with Crippen molar-refractivity contribution in [2.75, 3.05) is 11.9 Å². The number of nitrogens with zero attached hydrogens (tertiary/aromatic N) is 1. The van der Waals surface area contributed by atoms with Gasteiger partial charge in [-0.25, -0.2) is 4.98 Å². The molecule has 1 aromatic heterocycles. The lowest BCUT2D eigenvalue weighted by molar-refractivity contribution is -0.118. The summed E-state index contributed by atoms with van der Waals surface area (Å²) in [6, 6.07) is 9.02. The Morgan fingerprint density at radius 2 is 1.65 bits per heavy atom. The normalized spacial score (nSPS) is 11.2. The van der Waals surface area contributed by atoms with Crippen molar-refractivity contribution >= 4 is 69.1 Å². The highest BCUT2D eigenvalue weighted by Crippen LogP contribution is 2.42. The highest BCUT2D eigenvalue weighted by atomic mass is 35.5. The molecular weight excluding hydrogens is 518 g/mol. The second-order valence-electron chi connectivity index (χ2n) is 8.00. The first-order valence-corrected chi connectivity index (χ1v) is 11.8. The Kier molecular flexibility index (Phi) is 7.02. The van der Waals surface area contributed by atoms with Crippen molar-refractivity contribution < 1.29 is 13.9 Å². The third-order valence-electron chi connectivity index (χ3n) is 5.36. The third kappa shape index (κ3) is 4.71. The van der Waals surface area contributed by atoms with E-state index in [1.807, 2.05) is 26.0 Å². The van der Waals surface area contributed by atoms with Gasteiger partial charge in [-0.05, 0) is 74.2 Å². The number of hydrogen-bond acceptors (Lipinski definition) is 4. The largest absolute Gasteiger partial charge is 0.481 e. The minimum atomic E-state index is -0.408. The number of ether oxygens (including phenoxy) is 1. The summed E-state index contributed by atoms with van der Waals surface area (Å²) in [7, 11) is 0. The van der Waals surface area contributed by atoms with E-state index in [0.717, 1.165) is 16.6 Å². The predicted octanol–water partition coefficient (Wildman–Crippen LogP) is 8.36. The third-order valence-corrected chi connectivity index (χ3v) is 7.17. The number of halogens is 4. The Balaban J connectivity index is 1.54. The Hall–Kier alpha value is -2.44. The number of carbonyl (C=O) groups excluding carboxylic acids is 1. The summed E-state index contributed by atoms with van der Waals surface area (Å²) in [5.74, 6) is 0.174. The van der Waals surface area contributed by atoms with Gasteiger partial charge in [0.25, 0.3) is 5.91 Å². The molecule has 0 saturated heterocycles. The zero-order valence-electron chi connectivity index (χ0n) is 18.8. The highest BCUT2D eigenvalue weighted by Gasteiger charge is 2.19. The molecular formula is C25H20Cl4N2O3. The summed E-state index contributed by atoms with van der Waals surface area (Å²) in [6.45, 7) is 7.17. The van der Waals surface area contributed by atoms with E-state index in [4.69, 9.17) is 55.6 Å². The average Bonchev–Trinajstić information content (AvgIpc) is 3.22. The van der Waals surface area contributed by atoms with Crippen molar-refractivity contribution in [2.24, 2.45) is 0 Å². The van der Waals surface area contributed by atoms with E-state index in [2.05, 4.69) is 10.3 Å². The lowest BCUT2D eigenvalue weighted by Gasteiger charge is -2.15. The van der Waals surface area contributed by atoms with Gasteiger partial charge in [0.15, 0.2) is 17.9 Å². The summed E-state index contributed by atoms with van der Waals surface area (Å²) in [4.78, 5) is 17.2. The van der Waals surface area contributed by atoms with E-state index in [-0.39, 0.29) is 22.4 Å². The van der Waals surface area contributed by atoms with Crippen LogP contribution in [0.2, 0.25) is 20.1 Å². The number of aromatic nitrogens is 1. The van der Waals surface area contributed by atoms with Crippen LogP contribution in [-0.4, -0.2) is 17.5 Å². The zero-order chi connectivity index (χ0) is 24.7. The van der Waals surface area contributed by atoms with Gasteiger partial charge in [0, 0.05) is 10.7 Å². The maximum atomic E-state index is 12.6. The quantitative estimate of drug-likeness (QED) is 0.277. The molecule has 0 fully saturated rings. The minimum absolute atomic E-state index is 0.215. The molecule has 0 aliphatic rings. The van der Waals surface area contributed by atoms with Crippen molar-refractivity contribution in [2.45, 2.75) is 27.7 Å². The number of carbonyl (C=O) groups is 1. The topological polar surface area (TPSA) is 64.4 Å². The average molecular weight is 538 g/mol. The number of oxazole rings is 1. The first-order valence-electron chi connectivity index (χ1n) is 10.3. The van der Waals surface area contributed by atoms with Crippen LogP contribution in [0.15, 0.2) is 34.7 Å². The van der Waals surface area contributed by atoms with Crippen LogP contribution in [0.1, 0.15) is 22.3 Å². The summed E-state index contributed by atoms with van der Waals surface area (Å²) >= 11 is 25.3. The fourth-order valence-corrected chi connectivity index (χ4v) is 4.65. The van der Waals surface area contributed by atoms with Crippen LogP contribution < -0.4 is 10.1 Å². The second-order valence-corrected chi connectivity index (χ2v) is 9.54. The van der Waals surface area contributed by atoms with Crippen molar-refractivity contribution in [1.29, 1.82) is 0 Å². The van der Waals surface area contributed by atoms with Crippen molar-refractivity contribution in [3.8, 4) is 17.2 Å². The van der Waals surface area contributed by atoms with Gasteiger partial charge in [0.2, 0.25) is 5.89 Å². The van der Waals surface area contributed by atoms with Crippen LogP contribution in [0, 0.1) is 27.7 Å². The Morgan fingerprint density at radius 1 is 0.971 bits per heavy atom. The van der Waals surface area contributed by atoms with Gasteiger partial charge < -0.3 is 14.5 Å². The predicted molar refractivity (Wildman–Crippen MR) is 139 cm³/mol. The van der Waals surface area contributed by atoms with Crippen molar-refractivity contribution in [3.63, 3.8) is 0 Å². The maximum Gasteiger partial charge on any atom is 0.262 e. The van der Waals surface area contributed by atoms with Crippen LogP contribution >= 0.6 is 46.4 Å². The fourth-order valence-electron chi connectivity index (χ4n) is 3.63. The standard InChI is InChI=1S/C25H20Cl4N2O3/c1-11-7-12(2)23-18(8-11)31-25(34-23)16-9-15(5-6-17(16)26)30-19(32)10-33-24-21(28)13(3)20(27)14(4)22(24)29/h5-9H,10H2,1-4H3,(H,30,32). The van der Waals surface area contributed by atoms with Gasteiger partial charge in [-0.2, -0.15) is 0 Å². The van der Waals surface area contributed by atoms with Gasteiger partial charge in [-0.1, -0.05) is 52.5 Å². The molecule has 1 amide bonds. The van der Waals surface area contributed by atoms with Gasteiger partial charge >= 0.3 is 0 Å². The number of benzene rings is 3. The lowest BCUT2D eigenvalue weighted by atomic mass is 10.1. The van der Waals surface area contributed by atoms with Crippen LogP contribution in [0.4, 0.5) is 5.69 Å². The molecule has 1 N–H and O–H groups in total. The summed E-state index contributed by atoms with van der Waals surface area (Å²) in [5.41, 5.74) is 5.83. The van der Waals surface area contributed by atoms with Crippen LogP contribution in [0.25, 0.3) is 22.6 Å².